The van der Waals surface area contributed by atoms with Crippen molar-refractivity contribution in [1.29, 1.82) is 0 Å². The molecule has 2 aromatic rings. The third-order valence-corrected chi connectivity index (χ3v) is 3.23. The number of ketones is 1. The number of halogens is 3. The second-order valence-electron chi connectivity index (χ2n) is 3.88. The second-order valence-corrected chi connectivity index (χ2v) is 4.85. The lowest BCUT2D eigenvalue weighted by Crippen LogP contribution is -2.17. The molecule has 0 radical (unpaired) electrons. The summed E-state index contributed by atoms with van der Waals surface area (Å²) >= 11 is 0.731. The van der Waals surface area contributed by atoms with Crippen LogP contribution in [0.4, 0.5) is 13.2 Å². The van der Waals surface area contributed by atoms with Crippen molar-refractivity contribution in [3.05, 3.63) is 52.2 Å². The summed E-state index contributed by atoms with van der Waals surface area (Å²) in [7, 11) is 0. The number of nitrogens with one attached hydrogen (secondary N) is 1. The van der Waals surface area contributed by atoms with Gasteiger partial charge < -0.3 is 4.98 Å². The molecule has 5 nitrogen and oxygen atoms in total. The van der Waals surface area contributed by atoms with Crippen molar-refractivity contribution in [2.45, 2.75) is 11.3 Å². The van der Waals surface area contributed by atoms with Gasteiger partial charge in [-0.1, -0.05) is 11.8 Å². The molecule has 1 N–H and O–H groups in total. The summed E-state index contributed by atoms with van der Waals surface area (Å²) in [6.45, 7) is 0. The van der Waals surface area contributed by atoms with E-state index in [-0.39, 0.29) is 16.7 Å². The van der Waals surface area contributed by atoms with Gasteiger partial charge in [-0.2, -0.15) is 13.2 Å². The van der Waals surface area contributed by atoms with E-state index in [4.69, 9.17) is 0 Å². The van der Waals surface area contributed by atoms with Crippen molar-refractivity contribution in [3.63, 3.8) is 0 Å². The Balaban J connectivity index is 2.12. The molecule has 0 aliphatic rings. The maximum Gasteiger partial charge on any atom is 0.433 e. The van der Waals surface area contributed by atoms with Gasteiger partial charge in [-0.25, -0.2) is 4.98 Å². The van der Waals surface area contributed by atoms with Gasteiger partial charge >= 0.3 is 6.18 Å². The molecule has 0 aliphatic heterocycles. The van der Waals surface area contributed by atoms with Crippen LogP contribution in [0.2, 0.25) is 0 Å². The van der Waals surface area contributed by atoms with Crippen molar-refractivity contribution < 1.29 is 18.0 Å². The normalized spacial score (nSPS) is 11.4. The first-order chi connectivity index (χ1) is 9.86. The Morgan fingerprint density at radius 3 is 2.57 bits per heavy atom. The van der Waals surface area contributed by atoms with Crippen LogP contribution in [0.3, 0.4) is 0 Å². The monoisotopic (exact) mass is 315 g/mol. The van der Waals surface area contributed by atoms with Crippen LogP contribution in [0.25, 0.3) is 0 Å². The summed E-state index contributed by atoms with van der Waals surface area (Å²) in [6, 6.07) is 3.35. The zero-order valence-corrected chi connectivity index (χ0v) is 11.2. The molecule has 0 amide bonds. The summed E-state index contributed by atoms with van der Waals surface area (Å²) in [5.41, 5.74) is -1.83. The van der Waals surface area contributed by atoms with Gasteiger partial charge in [0, 0.05) is 24.0 Å². The third kappa shape index (κ3) is 4.15. The minimum atomic E-state index is -4.71. The van der Waals surface area contributed by atoms with Gasteiger partial charge in [0.2, 0.25) is 0 Å². The number of H-pyrrole nitrogens is 1. The maximum atomic E-state index is 12.5. The maximum absolute atomic E-state index is 12.5. The van der Waals surface area contributed by atoms with E-state index in [1.165, 1.54) is 24.5 Å². The number of alkyl halides is 3. The first kappa shape index (κ1) is 15.2. The zero-order valence-electron chi connectivity index (χ0n) is 10.3. The third-order valence-electron chi connectivity index (χ3n) is 2.35. The molecule has 9 heteroatoms. The first-order valence-electron chi connectivity index (χ1n) is 5.61. The van der Waals surface area contributed by atoms with Crippen molar-refractivity contribution in [2.75, 3.05) is 5.75 Å². The number of thioether (sulfide) groups is 1. The topological polar surface area (TPSA) is 75.7 Å². The van der Waals surface area contributed by atoms with Crippen LogP contribution in [0.1, 0.15) is 16.1 Å². The number of nitrogens with zero attached hydrogens (tertiary/aromatic N) is 2. The quantitative estimate of drug-likeness (QED) is 0.531. The standard InChI is InChI=1S/C12H8F3N3O2S/c13-12(14,15)9-5-10(20)18-11(17-9)21-6-8(19)7-1-3-16-4-2-7/h1-5H,6H2,(H,17,18,20). The highest BCUT2D eigenvalue weighted by Gasteiger charge is 2.33. The van der Waals surface area contributed by atoms with E-state index in [0.29, 0.717) is 11.6 Å². The van der Waals surface area contributed by atoms with E-state index >= 15 is 0 Å². The first-order valence-corrected chi connectivity index (χ1v) is 6.59. The predicted molar refractivity (Wildman–Crippen MR) is 69.2 cm³/mol. The number of aromatic nitrogens is 3. The number of Topliss-reactive ketones (excluding diaryl/α,β-unsaturated/α-hetero) is 1. The van der Waals surface area contributed by atoms with E-state index < -0.39 is 17.4 Å². The van der Waals surface area contributed by atoms with Crippen LogP contribution in [0.15, 0.2) is 40.5 Å². The van der Waals surface area contributed by atoms with E-state index in [1.54, 1.807) is 0 Å². The van der Waals surface area contributed by atoms with Gasteiger partial charge in [-0.3, -0.25) is 14.6 Å². The molecule has 21 heavy (non-hydrogen) atoms. The van der Waals surface area contributed by atoms with Crippen LogP contribution in [0, 0.1) is 0 Å². The van der Waals surface area contributed by atoms with E-state index in [1.807, 2.05) is 0 Å². The Morgan fingerprint density at radius 1 is 1.29 bits per heavy atom. The lowest BCUT2D eigenvalue weighted by atomic mass is 10.2. The molecule has 0 saturated heterocycles. The van der Waals surface area contributed by atoms with Crippen molar-refractivity contribution in [2.24, 2.45) is 0 Å². The van der Waals surface area contributed by atoms with Crippen LogP contribution in [0.5, 0.6) is 0 Å². The summed E-state index contributed by atoms with van der Waals surface area (Å²) in [5.74, 6) is -0.448. The second kappa shape index (κ2) is 6.08. The number of carbonyl (C=O) groups excluding carboxylic acids is 1. The average Bonchev–Trinajstić information content (AvgIpc) is 2.44. The highest BCUT2D eigenvalue weighted by atomic mass is 32.2. The average molecular weight is 315 g/mol. The zero-order chi connectivity index (χ0) is 15.5. The number of rotatable bonds is 4. The minimum absolute atomic E-state index is 0.145. The summed E-state index contributed by atoms with van der Waals surface area (Å²) in [6.07, 6.45) is -1.84. The van der Waals surface area contributed by atoms with Crippen LogP contribution >= 0.6 is 11.8 Å². The molecule has 2 heterocycles. The molecule has 0 aliphatic carbocycles. The molecule has 110 valence electrons. The fraction of sp³-hybridized carbons (Fsp3) is 0.167. The largest absolute Gasteiger partial charge is 0.433 e. The van der Waals surface area contributed by atoms with Crippen LogP contribution in [-0.2, 0) is 6.18 Å². The molecule has 0 spiro atoms. The molecule has 2 aromatic heterocycles. The van der Waals surface area contributed by atoms with Gasteiger partial charge in [-0.15, -0.1) is 0 Å². The van der Waals surface area contributed by atoms with Crippen molar-refractivity contribution in [1.82, 2.24) is 15.0 Å². The SMILES string of the molecule is O=C(CSc1nc(C(F)(F)F)cc(=O)[nH]1)c1ccncc1. The molecule has 0 fully saturated rings. The number of aromatic amines is 1. The molecule has 0 unspecified atom stereocenters. The van der Waals surface area contributed by atoms with Crippen molar-refractivity contribution in [3.8, 4) is 0 Å². The highest BCUT2D eigenvalue weighted by molar-refractivity contribution is 7.99. The lowest BCUT2D eigenvalue weighted by molar-refractivity contribution is -0.141. The number of hydrogen-bond acceptors (Lipinski definition) is 5. The van der Waals surface area contributed by atoms with Crippen LogP contribution < -0.4 is 5.56 Å². The van der Waals surface area contributed by atoms with Gasteiger partial charge in [-0.05, 0) is 12.1 Å². The fourth-order valence-electron chi connectivity index (χ4n) is 1.40. The van der Waals surface area contributed by atoms with E-state index in [9.17, 15) is 22.8 Å². The molecule has 0 bridgehead atoms. The van der Waals surface area contributed by atoms with Gasteiger partial charge in [0.15, 0.2) is 16.6 Å². The summed E-state index contributed by atoms with van der Waals surface area (Å²) < 4.78 is 37.5. The van der Waals surface area contributed by atoms with Crippen molar-refractivity contribution >= 4 is 17.5 Å². The van der Waals surface area contributed by atoms with Gasteiger partial charge in [0.25, 0.3) is 5.56 Å². The molecule has 0 saturated carbocycles. The lowest BCUT2D eigenvalue weighted by Gasteiger charge is -2.06. The van der Waals surface area contributed by atoms with E-state index in [0.717, 1.165) is 11.8 Å². The smallest absolute Gasteiger partial charge is 0.301 e. The van der Waals surface area contributed by atoms with Crippen LogP contribution in [-0.4, -0.2) is 26.5 Å². The minimum Gasteiger partial charge on any atom is -0.301 e. The number of hydrogen-bond donors (Lipinski definition) is 1. The Hall–Kier alpha value is -2.16. The molecule has 0 atom stereocenters. The number of carbonyl (C=O) groups is 1. The molecular weight excluding hydrogens is 307 g/mol. The predicted octanol–water partition coefficient (Wildman–Crippen LogP) is 2.16. The number of pyridine rings is 1. The Morgan fingerprint density at radius 2 is 1.95 bits per heavy atom. The molecule has 0 aromatic carbocycles. The Labute approximate surface area is 120 Å². The summed E-state index contributed by atoms with van der Waals surface area (Å²) in [4.78, 5) is 32.2. The fourth-order valence-corrected chi connectivity index (χ4v) is 2.17. The highest BCUT2D eigenvalue weighted by Crippen LogP contribution is 2.27. The van der Waals surface area contributed by atoms with E-state index in [2.05, 4.69) is 15.0 Å². The Kier molecular flexibility index (Phi) is 4.41. The Bertz CT molecular complexity index is 701. The van der Waals surface area contributed by atoms with Gasteiger partial charge in [0.1, 0.15) is 0 Å². The van der Waals surface area contributed by atoms with Gasteiger partial charge in [0.05, 0.1) is 5.75 Å². The summed E-state index contributed by atoms with van der Waals surface area (Å²) in [5, 5.41) is -0.253. The molecule has 2 rings (SSSR count). The molecular formula is C12H8F3N3O2S.